The van der Waals surface area contributed by atoms with Crippen molar-refractivity contribution in [2.45, 2.75) is 19.8 Å². The molecule has 13 heteroatoms. The lowest BCUT2D eigenvalue weighted by Crippen LogP contribution is -2.36. The standard InChI is InChI=1S/C20H21N3O5.C3H5NO2.C3H9N.C2H7N/c24-13-21-9-10-22-19(25)12-28-23-20(26)27-11-18-16-7-3-1-5-14(16)15-6-2-4-8-17(15)18;5-2-1-4-3-6;1-3-4-2;1-2-3/h1-8,13,18H,9-12H2,(H,21,24)(H,22,25)(H,23,26);2-3H,1H2,(H,4,6);4H,3H2,1-2H3;2-3H2,1H3. The van der Waals surface area contributed by atoms with E-state index in [0.717, 1.165) is 35.3 Å². The maximum atomic E-state index is 11.9. The first-order valence-electron chi connectivity index (χ1n) is 13.1. The number of ether oxygens (including phenoxy) is 1. The molecule has 2 aromatic rings. The Morgan fingerprint density at radius 1 is 0.902 bits per heavy atom. The van der Waals surface area contributed by atoms with Crippen LogP contribution in [0.1, 0.15) is 30.9 Å². The molecule has 41 heavy (non-hydrogen) atoms. The lowest BCUT2D eigenvalue weighted by Gasteiger charge is -2.14. The molecular formula is C28H42N6O7. The molecule has 0 aromatic heterocycles. The molecule has 0 bridgehead atoms. The molecule has 0 fully saturated rings. The lowest BCUT2D eigenvalue weighted by atomic mass is 9.98. The third-order valence-corrected chi connectivity index (χ3v) is 5.02. The summed E-state index contributed by atoms with van der Waals surface area (Å²) in [4.78, 5) is 56.9. The number of nitrogens with one attached hydrogen (secondary N) is 5. The molecule has 0 atom stereocenters. The number of rotatable bonds is 13. The Balaban J connectivity index is 0.00000103. The summed E-state index contributed by atoms with van der Waals surface area (Å²) in [5.74, 6) is -0.474. The van der Waals surface area contributed by atoms with E-state index in [1.165, 1.54) is 0 Å². The number of carbonyl (C=O) groups excluding carboxylic acids is 5. The second kappa shape index (κ2) is 24.7. The predicted molar refractivity (Wildman–Crippen MR) is 156 cm³/mol. The summed E-state index contributed by atoms with van der Waals surface area (Å²) >= 11 is 0. The number of hydrogen-bond donors (Lipinski definition) is 6. The summed E-state index contributed by atoms with van der Waals surface area (Å²) in [5, 5.41) is 10.0. The molecule has 13 nitrogen and oxygen atoms in total. The predicted octanol–water partition coefficient (Wildman–Crippen LogP) is 0.441. The summed E-state index contributed by atoms with van der Waals surface area (Å²) in [7, 11) is 1.93. The molecule has 1 aliphatic carbocycles. The molecule has 226 valence electrons. The van der Waals surface area contributed by atoms with Gasteiger partial charge in [0.05, 0.1) is 6.54 Å². The Hall–Kier alpha value is -4.33. The van der Waals surface area contributed by atoms with Crippen molar-refractivity contribution in [1.82, 2.24) is 26.7 Å². The number of hydroxylamine groups is 1. The molecule has 0 saturated carbocycles. The molecule has 0 radical (unpaired) electrons. The second-order valence-electron chi connectivity index (χ2n) is 7.95. The first-order chi connectivity index (χ1) is 19.9. The van der Waals surface area contributed by atoms with Crippen LogP contribution >= 0.6 is 0 Å². The molecule has 4 amide bonds. The van der Waals surface area contributed by atoms with Crippen LogP contribution < -0.4 is 32.5 Å². The number of fused-ring (bicyclic) bond motifs is 3. The highest BCUT2D eigenvalue weighted by Gasteiger charge is 2.29. The van der Waals surface area contributed by atoms with Gasteiger partial charge in [0.15, 0.2) is 6.61 Å². The molecule has 7 N–H and O–H groups in total. The van der Waals surface area contributed by atoms with Crippen molar-refractivity contribution in [1.29, 1.82) is 0 Å². The maximum Gasteiger partial charge on any atom is 0.431 e. The van der Waals surface area contributed by atoms with Gasteiger partial charge in [-0.05, 0) is 42.4 Å². The third kappa shape index (κ3) is 15.8. The summed E-state index contributed by atoms with van der Waals surface area (Å²) in [6.07, 6.45) is 0.877. The molecular weight excluding hydrogens is 532 g/mol. The molecule has 2 aromatic carbocycles. The van der Waals surface area contributed by atoms with Crippen molar-refractivity contribution in [3.05, 3.63) is 59.7 Å². The first kappa shape index (κ1) is 36.7. The highest BCUT2D eigenvalue weighted by molar-refractivity contribution is 5.79. The summed E-state index contributed by atoms with van der Waals surface area (Å²) in [5.41, 5.74) is 11.4. The zero-order valence-electron chi connectivity index (χ0n) is 23.8. The average Bonchev–Trinajstić information content (AvgIpc) is 3.31. The van der Waals surface area contributed by atoms with E-state index < -0.39 is 12.0 Å². The van der Waals surface area contributed by atoms with E-state index in [-0.39, 0.29) is 32.2 Å². The van der Waals surface area contributed by atoms with Crippen molar-refractivity contribution < 1.29 is 33.5 Å². The molecule has 0 unspecified atom stereocenters. The molecule has 1 aliphatic rings. The fourth-order valence-electron chi connectivity index (χ4n) is 3.27. The summed E-state index contributed by atoms with van der Waals surface area (Å²) < 4.78 is 5.28. The van der Waals surface area contributed by atoms with E-state index in [9.17, 15) is 24.0 Å². The maximum absolute atomic E-state index is 11.9. The minimum absolute atomic E-state index is 0.0493. The Labute approximate surface area is 240 Å². The van der Waals surface area contributed by atoms with Gasteiger partial charge in [0.2, 0.25) is 18.7 Å². The number of nitrogens with two attached hydrogens (primary N) is 1. The molecule has 0 spiro atoms. The highest BCUT2D eigenvalue weighted by atomic mass is 16.7. The van der Waals surface area contributed by atoms with Crippen molar-refractivity contribution in [3.8, 4) is 11.1 Å². The number of amides is 4. The normalized spacial score (nSPS) is 10.2. The van der Waals surface area contributed by atoms with Crippen LogP contribution in [0.2, 0.25) is 0 Å². The van der Waals surface area contributed by atoms with Crippen LogP contribution in [0.25, 0.3) is 11.1 Å². The van der Waals surface area contributed by atoms with E-state index >= 15 is 0 Å². The third-order valence-electron chi connectivity index (χ3n) is 5.02. The number of benzene rings is 2. The van der Waals surface area contributed by atoms with Crippen molar-refractivity contribution in [2.75, 3.05) is 53.0 Å². The van der Waals surface area contributed by atoms with Crippen molar-refractivity contribution in [3.63, 3.8) is 0 Å². The van der Waals surface area contributed by atoms with Crippen LogP contribution in [-0.2, 0) is 28.8 Å². The number of hydrogen-bond acceptors (Lipinski definition) is 9. The number of carbonyl (C=O) groups is 5. The summed E-state index contributed by atoms with van der Waals surface area (Å²) in [6, 6.07) is 16.1. The Bertz CT molecular complexity index is 983. The number of aldehydes is 1. The van der Waals surface area contributed by atoms with Crippen molar-refractivity contribution in [2.24, 2.45) is 5.73 Å². The average molecular weight is 575 g/mol. The van der Waals surface area contributed by atoms with E-state index in [1.54, 1.807) is 0 Å². The van der Waals surface area contributed by atoms with Gasteiger partial charge in [-0.15, -0.1) is 0 Å². The second-order valence-corrected chi connectivity index (χ2v) is 7.95. The van der Waals surface area contributed by atoms with Gasteiger partial charge in [-0.2, -0.15) is 5.48 Å². The molecule has 0 heterocycles. The fraction of sp³-hybridized carbons (Fsp3) is 0.393. The zero-order valence-corrected chi connectivity index (χ0v) is 23.8. The highest BCUT2D eigenvalue weighted by Crippen LogP contribution is 2.44. The van der Waals surface area contributed by atoms with Gasteiger partial charge < -0.3 is 36.5 Å². The van der Waals surface area contributed by atoms with Crippen LogP contribution in [0.4, 0.5) is 4.79 Å². The van der Waals surface area contributed by atoms with Crippen LogP contribution in [-0.4, -0.2) is 84.1 Å². The summed E-state index contributed by atoms with van der Waals surface area (Å²) in [6.45, 7) is 6.29. The van der Waals surface area contributed by atoms with E-state index in [2.05, 4.69) is 45.8 Å². The minimum atomic E-state index is -0.766. The molecule has 3 rings (SSSR count). The monoisotopic (exact) mass is 574 g/mol. The minimum Gasteiger partial charge on any atom is -0.447 e. The fourth-order valence-corrected chi connectivity index (χ4v) is 3.27. The first-order valence-corrected chi connectivity index (χ1v) is 13.1. The van der Waals surface area contributed by atoms with Crippen molar-refractivity contribution >= 4 is 31.1 Å². The Morgan fingerprint density at radius 3 is 1.90 bits per heavy atom. The van der Waals surface area contributed by atoms with Crippen LogP contribution in [0.3, 0.4) is 0 Å². The van der Waals surface area contributed by atoms with Gasteiger partial charge in [-0.25, -0.2) is 4.79 Å². The van der Waals surface area contributed by atoms with Gasteiger partial charge in [-0.1, -0.05) is 62.4 Å². The molecule has 0 aliphatic heterocycles. The topological polar surface area (TPSA) is 190 Å². The van der Waals surface area contributed by atoms with Gasteiger partial charge in [0.25, 0.3) is 0 Å². The largest absolute Gasteiger partial charge is 0.447 e. The van der Waals surface area contributed by atoms with Crippen LogP contribution in [0, 0.1) is 0 Å². The van der Waals surface area contributed by atoms with Crippen LogP contribution in [0.15, 0.2) is 48.5 Å². The van der Waals surface area contributed by atoms with Gasteiger partial charge >= 0.3 is 6.09 Å². The SMILES string of the molecule is CCN.CCNC.O=CCNC=O.O=CNCCNC(=O)CONC(=O)OCC1c2ccccc2-c2ccccc21. The van der Waals surface area contributed by atoms with Gasteiger partial charge in [-0.3, -0.25) is 19.2 Å². The van der Waals surface area contributed by atoms with Crippen LogP contribution in [0.5, 0.6) is 0 Å². The van der Waals surface area contributed by atoms with E-state index in [1.807, 2.05) is 50.4 Å². The Kier molecular flexibility index (Phi) is 22.1. The van der Waals surface area contributed by atoms with E-state index in [0.29, 0.717) is 25.7 Å². The van der Waals surface area contributed by atoms with E-state index in [4.69, 9.17) is 15.3 Å². The quantitative estimate of drug-likeness (QED) is 0.112. The van der Waals surface area contributed by atoms with Gasteiger partial charge in [0.1, 0.15) is 12.9 Å². The lowest BCUT2D eigenvalue weighted by molar-refractivity contribution is -0.127. The zero-order chi connectivity index (χ0) is 30.7. The van der Waals surface area contributed by atoms with Gasteiger partial charge in [0, 0.05) is 19.0 Å². The molecule has 0 saturated heterocycles. The smallest absolute Gasteiger partial charge is 0.431 e. The Morgan fingerprint density at radius 2 is 1.44 bits per heavy atom.